The first-order chi connectivity index (χ1) is 12.4. The third-order valence-electron chi connectivity index (χ3n) is 4.80. The first kappa shape index (κ1) is 19.9. The van der Waals surface area contributed by atoms with Crippen molar-refractivity contribution in [2.45, 2.75) is 45.4 Å². The van der Waals surface area contributed by atoms with Gasteiger partial charge in [-0.25, -0.2) is 8.78 Å². The Balaban J connectivity index is 2.38. The number of carbonyl (C=O) groups excluding carboxylic acids is 1. The molecule has 4 nitrogen and oxygen atoms in total. The minimum atomic E-state index is -0.678. The molecule has 0 aliphatic carbocycles. The van der Waals surface area contributed by atoms with Crippen LogP contribution in [-0.2, 0) is 4.79 Å². The molecule has 3 N–H and O–H groups in total. The van der Waals surface area contributed by atoms with E-state index >= 15 is 0 Å². The normalized spacial score (nSPS) is 19.7. The molecule has 0 bridgehead atoms. The number of rotatable bonds is 5. The Kier molecular flexibility index (Phi) is 6.77. The lowest BCUT2D eigenvalue weighted by Gasteiger charge is -2.36. The maximum Gasteiger partial charge on any atom is 0.248 e. The number of piperidine rings is 1. The number of hydrogen-bond acceptors (Lipinski definition) is 3. The number of benzene rings is 1. The summed E-state index contributed by atoms with van der Waals surface area (Å²) in [6.07, 6.45) is 6.95. The zero-order chi connectivity index (χ0) is 19.3. The van der Waals surface area contributed by atoms with Crippen LogP contribution in [0.4, 0.5) is 14.5 Å². The molecule has 0 saturated carbocycles. The summed E-state index contributed by atoms with van der Waals surface area (Å²) < 4.78 is 28.7. The number of anilines is 1. The van der Waals surface area contributed by atoms with Crippen molar-refractivity contribution < 1.29 is 13.6 Å². The molecular formula is C20H27F2N3O. The Morgan fingerprint density at radius 1 is 1.42 bits per heavy atom. The van der Waals surface area contributed by atoms with Crippen molar-refractivity contribution in [1.29, 1.82) is 0 Å². The minimum absolute atomic E-state index is 0.0375. The van der Waals surface area contributed by atoms with E-state index in [0.29, 0.717) is 25.0 Å². The summed E-state index contributed by atoms with van der Waals surface area (Å²) in [4.78, 5) is 14.0. The van der Waals surface area contributed by atoms with Crippen LogP contribution in [-0.4, -0.2) is 24.4 Å². The van der Waals surface area contributed by atoms with Crippen LogP contribution < -0.4 is 11.1 Å². The lowest BCUT2D eigenvalue weighted by atomic mass is 9.87. The fourth-order valence-electron chi connectivity index (χ4n) is 3.33. The highest BCUT2D eigenvalue weighted by Gasteiger charge is 2.30. The van der Waals surface area contributed by atoms with Crippen LogP contribution in [0, 0.1) is 11.6 Å². The van der Waals surface area contributed by atoms with Gasteiger partial charge in [-0.1, -0.05) is 19.4 Å². The fourth-order valence-corrected chi connectivity index (χ4v) is 3.33. The minimum Gasteiger partial charge on any atom is -0.396 e. The lowest BCUT2D eigenvalue weighted by molar-refractivity contribution is -0.117. The summed E-state index contributed by atoms with van der Waals surface area (Å²) in [5.74, 6) is -1.72. The number of hydrogen-bond donors (Lipinski definition) is 2. The number of likely N-dealkylation sites (N-methyl/N-ethyl adjacent to an activating group) is 1. The zero-order valence-corrected chi connectivity index (χ0v) is 15.6. The molecule has 0 aromatic heterocycles. The van der Waals surface area contributed by atoms with Crippen LogP contribution in [0.25, 0.3) is 0 Å². The van der Waals surface area contributed by atoms with E-state index in [1.54, 1.807) is 14.0 Å². The second-order valence-electron chi connectivity index (χ2n) is 6.58. The largest absolute Gasteiger partial charge is 0.396 e. The number of likely N-dealkylation sites (tertiary alicyclic amines) is 1. The van der Waals surface area contributed by atoms with Crippen LogP contribution in [0.1, 0.15) is 51.0 Å². The predicted octanol–water partition coefficient (Wildman–Crippen LogP) is 4.06. The van der Waals surface area contributed by atoms with E-state index < -0.39 is 11.6 Å². The van der Waals surface area contributed by atoms with E-state index in [1.807, 2.05) is 17.2 Å². The summed E-state index contributed by atoms with van der Waals surface area (Å²) >= 11 is 0. The highest BCUT2D eigenvalue weighted by molar-refractivity contribution is 5.93. The van der Waals surface area contributed by atoms with Crippen molar-refractivity contribution >= 4 is 11.6 Å². The van der Waals surface area contributed by atoms with Gasteiger partial charge in [-0.3, -0.25) is 4.79 Å². The number of allylic oxidation sites excluding steroid dienone is 2. The molecule has 1 unspecified atom stereocenters. The topological polar surface area (TPSA) is 58.4 Å². The van der Waals surface area contributed by atoms with Crippen molar-refractivity contribution in [3.63, 3.8) is 0 Å². The summed E-state index contributed by atoms with van der Waals surface area (Å²) in [6, 6.07) is 2.46. The second kappa shape index (κ2) is 8.83. The number of carbonyl (C=O) groups is 1. The summed E-state index contributed by atoms with van der Waals surface area (Å²) in [6.45, 7) is 4.26. The first-order valence-corrected chi connectivity index (χ1v) is 8.99. The molecule has 1 heterocycles. The molecule has 1 aliphatic rings. The molecule has 1 aromatic rings. The Morgan fingerprint density at radius 3 is 2.81 bits per heavy atom. The van der Waals surface area contributed by atoms with Crippen molar-refractivity contribution in [3.05, 3.63) is 52.9 Å². The molecule has 1 fully saturated rings. The summed E-state index contributed by atoms with van der Waals surface area (Å²) in [5.41, 5.74) is 7.14. The Morgan fingerprint density at radius 2 is 2.15 bits per heavy atom. The van der Waals surface area contributed by atoms with Gasteiger partial charge in [0.1, 0.15) is 5.82 Å². The van der Waals surface area contributed by atoms with Crippen LogP contribution in [0.5, 0.6) is 0 Å². The number of halogens is 2. The third-order valence-corrected chi connectivity index (χ3v) is 4.80. The lowest BCUT2D eigenvalue weighted by Crippen LogP contribution is -2.33. The van der Waals surface area contributed by atoms with E-state index in [0.717, 1.165) is 18.5 Å². The second-order valence-corrected chi connectivity index (χ2v) is 6.58. The average molecular weight is 363 g/mol. The molecule has 1 atom stereocenters. The smallest absolute Gasteiger partial charge is 0.248 e. The van der Waals surface area contributed by atoms with Gasteiger partial charge in [0.05, 0.1) is 5.69 Å². The van der Waals surface area contributed by atoms with Gasteiger partial charge in [0, 0.05) is 36.3 Å². The van der Waals surface area contributed by atoms with Gasteiger partial charge in [0.2, 0.25) is 5.91 Å². The number of nitrogens with one attached hydrogen (secondary N) is 1. The number of nitrogen functional groups attached to an aromatic ring is 1. The average Bonchev–Trinajstić information content (AvgIpc) is 2.64. The van der Waals surface area contributed by atoms with Gasteiger partial charge in [0.15, 0.2) is 5.82 Å². The Labute approximate surface area is 153 Å². The molecule has 0 radical (unpaired) electrons. The number of nitrogens with two attached hydrogens (primary N) is 1. The van der Waals surface area contributed by atoms with Crippen molar-refractivity contribution in [2.24, 2.45) is 0 Å². The molecule has 142 valence electrons. The molecule has 6 heteroatoms. The van der Waals surface area contributed by atoms with Gasteiger partial charge < -0.3 is 16.0 Å². The van der Waals surface area contributed by atoms with Gasteiger partial charge in [0.25, 0.3) is 0 Å². The van der Waals surface area contributed by atoms with Crippen molar-refractivity contribution in [1.82, 2.24) is 10.2 Å². The maximum atomic E-state index is 14.4. The van der Waals surface area contributed by atoms with Crippen LogP contribution in [0.15, 0.2) is 35.7 Å². The molecule has 1 amide bonds. The molecule has 1 saturated heterocycles. The van der Waals surface area contributed by atoms with E-state index in [9.17, 15) is 13.6 Å². The van der Waals surface area contributed by atoms with Crippen LogP contribution in [0.3, 0.4) is 0 Å². The van der Waals surface area contributed by atoms with Gasteiger partial charge in [-0.05, 0) is 44.5 Å². The fraction of sp³-hybridized carbons (Fsp3) is 0.450. The molecular weight excluding hydrogens is 336 g/mol. The number of nitrogens with zero attached hydrogens (tertiary/aromatic N) is 1. The first-order valence-electron chi connectivity index (χ1n) is 8.99. The van der Waals surface area contributed by atoms with E-state index in [1.165, 1.54) is 12.1 Å². The quantitative estimate of drug-likeness (QED) is 0.613. The standard InChI is InChI=1S/C20H27F2N3O/c1-4-5-6-11-25-12-14(7-10-17(25)13(2)20(26)24-3)18-15(21)8-9-16(23)19(18)22/h6,8-9,11,14H,4-5,7,10,12,23H2,1-3H3,(H,24,26)/b11-6-,17-13+. The zero-order valence-electron chi connectivity index (χ0n) is 15.6. The molecule has 1 aromatic carbocycles. The van der Waals surface area contributed by atoms with Gasteiger partial charge in [-0.15, -0.1) is 0 Å². The highest BCUT2D eigenvalue weighted by atomic mass is 19.1. The van der Waals surface area contributed by atoms with E-state index in [-0.39, 0.29) is 23.1 Å². The maximum absolute atomic E-state index is 14.4. The van der Waals surface area contributed by atoms with Crippen molar-refractivity contribution in [3.8, 4) is 0 Å². The molecule has 0 spiro atoms. The molecule has 26 heavy (non-hydrogen) atoms. The number of unbranched alkanes of at least 4 members (excludes halogenated alkanes) is 1. The monoisotopic (exact) mass is 363 g/mol. The Bertz CT molecular complexity index is 728. The van der Waals surface area contributed by atoms with E-state index in [4.69, 9.17) is 5.73 Å². The van der Waals surface area contributed by atoms with Gasteiger partial charge in [-0.2, -0.15) is 0 Å². The van der Waals surface area contributed by atoms with Crippen molar-refractivity contribution in [2.75, 3.05) is 19.3 Å². The van der Waals surface area contributed by atoms with Crippen LogP contribution >= 0.6 is 0 Å². The number of amides is 1. The highest BCUT2D eigenvalue weighted by Crippen LogP contribution is 2.37. The SMILES string of the molecule is CCC/C=C\N1CC(c2c(F)ccc(N)c2F)CC/C1=C(/C)C(=O)NC. The Hall–Kier alpha value is -2.37. The third kappa shape index (κ3) is 4.23. The van der Waals surface area contributed by atoms with Gasteiger partial charge >= 0.3 is 0 Å². The van der Waals surface area contributed by atoms with Crippen LogP contribution in [0.2, 0.25) is 0 Å². The summed E-state index contributed by atoms with van der Waals surface area (Å²) in [5, 5.41) is 2.63. The summed E-state index contributed by atoms with van der Waals surface area (Å²) in [7, 11) is 1.59. The van der Waals surface area contributed by atoms with E-state index in [2.05, 4.69) is 12.2 Å². The molecule has 1 aliphatic heterocycles. The molecule has 2 rings (SSSR count). The predicted molar refractivity (Wildman–Crippen MR) is 100 cm³/mol.